The molecule has 1 aromatic carbocycles. The van der Waals surface area contributed by atoms with E-state index in [0.29, 0.717) is 12.6 Å². The number of nitrogens with zero attached hydrogens (tertiary/aromatic N) is 1. The summed E-state index contributed by atoms with van der Waals surface area (Å²) >= 11 is 0. The van der Waals surface area contributed by atoms with Crippen LogP contribution in [-0.4, -0.2) is 25.5 Å². The quantitative estimate of drug-likeness (QED) is 0.848. The van der Waals surface area contributed by atoms with Crippen molar-refractivity contribution in [3.05, 3.63) is 35.4 Å². The summed E-state index contributed by atoms with van der Waals surface area (Å²) in [5.41, 5.74) is 8.66. The Morgan fingerprint density at radius 2 is 1.62 bits per heavy atom. The summed E-state index contributed by atoms with van der Waals surface area (Å²) < 4.78 is 0. The van der Waals surface area contributed by atoms with Gasteiger partial charge < -0.3 is 10.6 Å². The molecule has 0 spiro atoms. The predicted octanol–water partition coefficient (Wildman–Crippen LogP) is 2.55. The van der Waals surface area contributed by atoms with Crippen LogP contribution in [0.15, 0.2) is 24.3 Å². The smallest absolute Gasteiger partial charge is 0.0464 e. The van der Waals surface area contributed by atoms with E-state index in [9.17, 15) is 0 Å². The van der Waals surface area contributed by atoms with E-state index < -0.39 is 0 Å². The summed E-state index contributed by atoms with van der Waals surface area (Å²) in [7, 11) is 4.13. The fourth-order valence-electron chi connectivity index (χ4n) is 1.85. The monoisotopic (exact) mass is 220 g/mol. The lowest BCUT2D eigenvalue weighted by Gasteiger charge is -2.25. The van der Waals surface area contributed by atoms with Gasteiger partial charge in [0.2, 0.25) is 0 Å². The van der Waals surface area contributed by atoms with Crippen molar-refractivity contribution in [3.8, 4) is 0 Å². The largest absolute Gasteiger partial charge is 0.329 e. The van der Waals surface area contributed by atoms with Crippen molar-refractivity contribution in [2.75, 3.05) is 20.6 Å². The van der Waals surface area contributed by atoms with Gasteiger partial charge in [-0.15, -0.1) is 0 Å². The fourth-order valence-corrected chi connectivity index (χ4v) is 1.85. The number of nitrogens with two attached hydrogens (primary N) is 1. The van der Waals surface area contributed by atoms with Crippen molar-refractivity contribution in [3.63, 3.8) is 0 Å². The molecule has 1 rings (SSSR count). The second-order valence-corrected chi connectivity index (χ2v) is 5.59. The average Bonchev–Trinajstić information content (AvgIpc) is 2.17. The molecule has 16 heavy (non-hydrogen) atoms. The van der Waals surface area contributed by atoms with Crippen molar-refractivity contribution in [1.29, 1.82) is 0 Å². The third kappa shape index (κ3) is 3.06. The van der Waals surface area contributed by atoms with E-state index in [1.807, 2.05) is 0 Å². The Bertz CT molecular complexity index is 320. The first kappa shape index (κ1) is 13.2. The predicted molar refractivity (Wildman–Crippen MR) is 70.6 cm³/mol. The van der Waals surface area contributed by atoms with Gasteiger partial charge in [0.1, 0.15) is 0 Å². The molecule has 0 aliphatic rings. The van der Waals surface area contributed by atoms with Crippen LogP contribution >= 0.6 is 0 Å². The van der Waals surface area contributed by atoms with Crippen molar-refractivity contribution in [2.24, 2.45) is 5.73 Å². The Kier molecular flexibility index (Phi) is 4.11. The summed E-state index contributed by atoms with van der Waals surface area (Å²) in [5, 5.41) is 0. The highest BCUT2D eigenvalue weighted by Crippen LogP contribution is 2.24. The first-order chi connectivity index (χ1) is 7.36. The maximum Gasteiger partial charge on any atom is 0.0464 e. The maximum absolute atomic E-state index is 5.79. The first-order valence-electron chi connectivity index (χ1n) is 5.83. The van der Waals surface area contributed by atoms with E-state index in [1.165, 1.54) is 11.1 Å². The average molecular weight is 220 g/mol. The molecule has 2 nitrogen and oxygen atoms in total. The molecule has 0 heterocycles. The van der Waals surface area contributed by atoms with Crippen LogP contribution in [0.3, 0.4) is 0 Å². The normalized spacial score (nSPS) is 14.2. The zero-order valence-corrected chi connectivity index (χ0v) is 11.1. The topological polar surface area (TPSA) is 29.3 Å². The molecule has 1 aromatic rings. The van der Waals surface area contributed by atoms with Crippen molar-refractivity contribution < 1.29 is 0 Å². The molecular weight excluding hydrogens is 196 g/mol. The second-order valence-electron chi connectivity index (χ2n) is 5.59. The Morgan fingerprint density at radius 1 is 1.12 bits per heavy atom. The lowest BCUT2D eigenvalue weighted by molar-refractivity contribution is 0.306. The number of hydrogen-bond acceptors (Lipinski definition) is 2. The highest BCUT2D eigenvalue weighted by molar-refractivity contribution is 5.29. The van der Waals surface area contributed by atoms with Gasteiger partial charge in [-0.05, 0) is 30.6 Å². The minimum atomic E-state index is 0.217. The van der Waals surface area contributed by atoms with Gasteiger partial charge in [-0.25, -0.2) is 0 Å². The van der Waals surface area contributed by atoms with Crippen LogP contribution in [0.25, 0.3) is 0 Å². The number of likely N-dealkylation sites (N-methyl/N-ethyl adjacent to an activating group) is 1. The van der Waals surface area contributed by atoms with Gasteiger partial charge in [0.25, 0.3) is 0 Å². The van der Waals surface area contributed by atoms with Gasteiger partial charge >= 0.3 is 0 Å². The molecule has 0 aliphatic heterocycles. The van der Waals surface area contributed by atoms with E-state index in [-0.39, 0.29) is 5.41 Å². The zero-order chi connectivity index (χ0) is 12.3. The highest BCUT2D eigenvalue weighted by Gasteiger charge is 2.15. The zero-order valence-electron chi connectivity index (χ0n) is 11.1. The van der Waals surface area contributed by atoms with Crippen molar-refractivity contribution >= 4 is 0 Å². The van der Waals surface area contributed by atoms with Gasteiger partial charge in [0.05, 0.1) is 0 Å². The van der Waals surface area contributed by atoms with Crippen LogP contribution in [0.4, 0.5) is 0 Å². The number of hydrogen-bond donors (Lipinski definition) is 1. The van der Waals surface area contributed by atoms with Crippen LogP contribution in [0.2, 0.25) is 0 Å². The van der Waals surface area contributed by atoms with E-state index in [1.54, 1.807) is 0 Å². The van der Waals surface area contributed by atoms with Gasteiger partial charge in [-0.3, -0.25) is 0 Å². The maximum atomic E-state index is 5.79. The van der Waals surface area contributed by atoms with Crippen molar-refractivity contribution in [2.45, 2.75) is 32.2 Å². The van der Waals surface area contributed by atoms with E-state index >= 15 is 0 Å². The SMILES string of the molecule is CN(C)[C@H](CN)c1ccc(C(C)(C)C)cc1. The molecule has 0 amide bonds. The van der Waals surface area contributed by atoms with Gasteiger partial charge in [0, 0.05) is 12.6 Å². The molecule has 0 fully saturated rings. The van der Waals surface area contributed by atoms with Crippen LogP contribution in [-0.2, 0) is 5.41 Å². The summed E-state index contributed by atoms with van der Waals surface area (Å²) in [6.45, 7) is 7.35. The summed E-state index contributed by atoms with van der Waals surface area (Å²) in [6, 6.07) is 9.12. The van der Waals surface area contributed by atoms with Crippen molar-refractivity contribution in [1.82, 2.24) is 4.90 Å². The molecule has 2 N–H and O–H groups in total. The molecule has 0 bridgehead atoms. The van der Waals surface area contributed by atoms with Gasteiger partial charge in [-0.2, -0.15) is 0 Å². The lowest BCUT2D eigenvalue weighted by atomic mass is 9.86. The third-order valence-electron chi connectivity index (χ3n) is 3.01. The third-order valence-corrected chi connectivity index (χ3v) is 3.01. The van der Waals surface area contributed by atoms with E-state index in [4.69, 9.17) is 5.73 Å². The molecule has 0 radical (unpaired) electrons. The molecule has 1 atom stereocenters. The molecule has 90 valence electrons. The van der Waals surface area contributed by atoms with Crippen LogP contribution in [0.5, 0.6) is 0 Å². The Hall–Kier alpha value is -0.860. The highest BCUT2D eigenvalue weighted by atomic mass is 15.1. The minimum absolute atomic E-state index is 0.217. The molecule has 0 aromatic heterocycles. The minimum Gasteiger partial charge on any atom is -0.329 e. The summed E-state index contributed by atoms with van der Waals surface area (Å²) in [4.78, 5) is 2.16. The van der Waals surface area contributed by atoms with Crippen LogP contribution < -0.4 is 5.73 Å². The Morgan fingerprint density at radius 3 is 1.94 bits per heavy atom. The molecular formula is C14H24N2. The van der Waals surface area contributed by atoms with E-state index in [0.717, 1.165) is 0 Å². The molecule has 0 aliphatic carbocycles. The summed E-state index contributed by atoms with van der Waals surface area (Å²) in [6.07, 6.45) is 0. The van der Waals surface area contributed by atoms with Crippen LogP contribution in [0, 0.1) is 0 Å². The summed E-state index contributed by atoms with van der Waals surface area (Å²) in [5.74, 6) is 0. The molecule has 0 saturated heterocycles. The van der Waals surface area contributed by atoms with Crippen LogP contribution in [0.1, 0.15) is 37.9 Å². The van der Waals surface area contributed by atoms with Gasteiger partial charge in [0.15, 0.2) is 0 Å². The fraction of sp³-hybridized carbons (Fsp3) is 0.571. The molecule has 0 saturated carbocycles. The number of rotatable bonds is 3. The Labute approximate surface area is 99.5 Å². The molecule has 0 unspecified atom stereocenters. The first-order valence-corrected chi connectivity index (χ1v) is 5.83. The Balaban J connectivity index is 2.94. The standard InChI is InChI=1S/C14H24N2/c1-14(2,3)12-8-6-11(7-9-12)13(10-15)16(4)5/h6-9,13H,10,15H2,1-5H3/t13-/m1/s1. The van der Waals surface area contributed by atoms with Gasteiger partial charge in [-0.1, -0.05) is 45.0 Å². The molecule has 2 heteroatoms. The second kappa shape index (κ2) is 4.98. The number of benzene rings is 1. The van der Waals surface area contributed by atoms with E-state index in [2.05, 4.69) is 64.0 Å². The lowest BCUT2D eigenvalue weighted by Crippen LogP contribution is -2.27.